The zero-order chi connectivity index (χ0) is 41.6. The molecule has 12 nitrogen and oxygen atoms in total. The van der Waals surface area contributed by atoms with E-state index in [0.29, 0.717) is 45.3 Å². The molecular formula is C46H24N8O4. The van der Waals surface area contributed by atoms with Crippen molar-refractivity contribution in [1.82, 2.24) is 0 Å². The number of rotatable bonds is 8. The summed E-state index contributed by atoms with van der Waals surface area (Å²) in [6.45, 7) is 0. The SMILES string of the molecule is N#Cc1ccc(C(O)c2ccc(C#N)c(C#N)c2)cc1C#N.N#Cc1ccc(Oc2cccc(C(O)c3cccc(Oc4ccc(C#N)c(C#N)c4)c3)c2)cc1C#N. The second-order valence-electron chi connectivity index (χ2n) is 12.1. The van der Waals surface area contributed by atoms with Gasteiger partial charge in [-0.25, -0.2) is 0 Å². The lowest BCUT2D eigenvalue weighted by Gasteiger charge is -2.15. The Bertz CT molecular complexity index is 2710. The number of aliphatic hydroxyl groups excluding tert-OH is 2. The lowest BCUT2D eigenvalue weighted by Crippen LogP contribution is -2.02. The van der Waals surface area contributed by atoms with Gasteiger partial charge in [0.15, 0.2) is 0 Å². The van der Waals surface area contributed by atoms with E-state index >= 15 is 0 Å². The number of hydrogen-bond donors (Lipinski definition) is 2. The predicted molar refractivity (Wildman–Crippen MR) is 205 cm³/mol. The van der Waals surface area contributed by atoms with Gasteiger partial charge >= 0.3 is 0 Å². The van der Waals surface area contributed by atoms with Crippen molar-refractivity contribution in [3.8, 4) is 71.6 Å². The molecular weight excluding hydrogens is 729 g/mol. The number of nitrogens with zero attached hydrogens (tertiary/aromatic N) is 8. The van der Waals surface area contributed by atoms with Crippen LogP contribution in [0.15, 0.2) is 121 Å². The quantitative estimate of drug-likeness (QED) is 0.150. The number of hydrogen-bond acceptors (Lipinski definition) is 12. The zero-order valence-corrected chi connectivity index (χ0v) is 30.0. The van der Waals surface area contributed by atoms with E-state index in [9.17, 15) is 20.7 Å². The van der Waals surface area contributed by atoms with Crippen LogP contribution in [0.3, 0.4) is 0 Å². The zero-order valence-electron chi connectivity index (χ0n) is 30.0. The van der Waals surface area contributed by atoms with Gasteiger partial charge in [-0.15, -0.1) is 0 Å². The molecule has 0 saturated carbocycles. The minimum Gasteiger partial charge on any atom is -0.457 e. The van der Waals surface area contributed by atoms with Crippen LogP contribution in [0.5, 0.6) is 23.0 Å². The average molecular weight is 753 g/mol. The molecule has 6 rings (SSSR count). The Morgan fingerprint density at radius 1 is 0.310 bits per heavy atom. The van der Waals surface area contributed by atoms with Gasteiger partial charge in [0.1, 0.15) is 83.8 Å². The Labute approximate surface area is 332 Å². The highest BCUT2D eigenvalue weighted by molar-refractivity contribution is 5.53. The van der Waals surface area contributed by atoms with Gasteiger partial charge in [-0.2, -0.15) is 42.1 Å². The van der Waals surface area contributed by atoms with Crippen LogP contribution in [0.2, 0.25) is 0 Å². The largest absolute Gasteiger partial charge is 0.457 e. The van der Waals surface area contributed by atoms with E-state index in [2.05, 4.69) is 0 Å². The van der Waals surface area contributed by atoms with Gasteiger partial charge in [-0.3, -0.25) is 0 Å². The van der Waals surface area contributed by atoms with Crippen LogP contribution in [0.4, 0.5) is 0 Å². The molecule has 0 heterocycles. The molecule has 6 aromatic rings. The highest BCUT2D eigenvalue weighted by atomic mass is 16.5. The minimum absolute atomic E-state index is 0.174. The summed E-state index contributed by atoms with van der Waals surface area (Å²) in [5.74, 6) is 1.70. The molecule has 0 aliphatic heterocycles. The first-order valence-electron chi connectivity index (χ1n) is 16.9. The molecule has 0 bridgehead atoms. The van der Waals surface area contributed by atoms with Gasteiger partial charge in [0, 0.05) is 0 Å². The van der Waals surface area contributed by atoms with Gasteiger partial charge in [0.25, 0.3) is 0 Å². The third-order valence-corrected chi connectivity index (χ3v) is 8.48. The van der Waals surface area contributed by atoms with Crippen molar-refractivity contribution in [2.24, 2.45) is 0 Å². The summed E-state index contributed by atoms with van der Waals surface area (Å²) in [6, 6.07) is 47.4. The maximum Gasteiger partial charge on any atom is 0.128 e. The number of ether oxygens (including phenoxy) is 2. The van der Waals surface area contributed by atoms with Crippen molar-refractivity contribution >= 4 is 0 Å². The molecule has 2 N–H and O–H groups in total. The number of nitriles is 8. The topological polar surface area (TPSA) is 249 Å². The molecule has 6 aromatic carbocycles. The molecule has 0 aliphatic carbocycles. The van der Waals surface area contributed by atoms with E-state index in [1.54, 1.807) is 72.8 Å². The summed E-state index contributed by atoms with van der Waals surface area (Å²) in [7, 11) is 0. The molecule has 0 aromatic heterocycles. The van der Waals surface area contributed by atoms with E-state index in [0.717, 1.165) is 0 Å². The van der Waals surface area contributed by atoms with Crippen molar-refractivity contribution in [3.05, 3.63) is 188 Å². The lowest BCUT2D eigenvalue weighted by molar-refractivity contribution is 0.219. The fraction of sp³-hybridized carbons (Fsp3) is 0.0435. The molecule has 0 saturated heterocycles. The summed E-state index contributed by atoms with van der Waals surface area (Å²) in [5.41, 5.74) is 3.79. The van der Waals surface area contributed by atoms with Gasteiger partial charge in [0.05, 0.1) is 44.5 Å². The second kappa shape index (κ2) is 18.7. The standard InChI is InChI=1S/C29H16N4O3.C17H8N4O/c30-15-21-7-9-27(13-23(21)17-32)35-25-5-1-3-19(11-25)29(34)20-4-2-6-26(12-20)36-28-10-8-22(16-31)24(14-28)18-33;18-7-13-3-1-11(5-15(13)9-20)17(22)12-2-4-14(8-19)16(6-12)10-21/h1-14,29,34H;1-6,17,22H. The lowest BCUT2D eigenvalue weighted by atomic mass is 9.95. The molecule has 0 aliphatic rings. The van der Waals surface area contributed by atoms with Crippen molar-refractivity contribution < 1.29 is 19.7 Å². The maximum absolute atomic E-state index is 11.0. The van der Waals surface area contributed by atoms with Gasteiger partial charge in [-0.1, -0.05) is 36.4 Å². The summed E-state index contributed by atoms with van der Waals surface area (Å²) in [5, 5.41) is 93.8. The maximum atomic E-state index is 11.0. The van der Waals surface area contributed by atoms with Crippen LogP contribution in [-0.4, -0.2) is 10.2 Å². The fourth-order valence-corrected chi connectivity index (χ4v) is 5.55. The van der Waals surface area contributed by atoms with Crippen LogP contribution >= 0.6 is 0 Å². The molecule has 0 radical (unpaired) electrons. The monoisotopic (exact) mass is 752 g/mol. The highest BCUT2D eigenvalue weighted by Gasteiger charge is 2.16. The summed E-state index contributed by atoms with van der Waals surface area (Å²) in [6.07, 6.45) is -2.04. The smallest absolute Gasteiger partial charge is 0.128 e. The van der Waals surface area contributed by atoms with Crippen LogP contribution in [0, 0.1) is 90.6 Å². The minimum atomic E-state index is -1.06. The average Bonchev–Trinajstić information content (AvgIpc) is 3.28. The molecule has 272 valence electrons. The molecule has 0 unspecified atom stereocenters. The Morgan fingerprint density at radius 3 is 0.914 bits per heavy atom. The van der Waals surface area contributed by atoms with Gasteiger partial charge in [-0.05, 0) is 107 Å². The molecule has 0 fully saturated rings. The highest BCUT2D eigenvalue weighted by Crippen LogP contribution is 2.32. The Balaban J connectivity index is 0.000000249. The normalized spacial score (nSPS) is 9.72. The van der Waals surface area contributed by atoms with E-state index in [-0.39, 0.29) is 44.5 Å². The van der Waals surface area contributed by atoms with Crippen LogP contribution < -0.4 is 9.47 Å². The third kappa shape index (κ3) is 9.27. The Kier molecular flexibility index (Phi) is 12.9. The van der Waals surface area contributed by atoms with E-state index in [1.165, 1.54) is 48.5 Å². The summed E-state index contributed by atoms with van der Waals surface area (Å²) < 4.78 is 11.7. The Morgan fingerprint density at radius 2 is 0.586 bits per heavy atom. The van der Waals surface area contributed by atoms with Gasteiger partial charge in [0.2, 0.25) is 0 Å². The molecule has 0 atom stereocenters. The van der Waals surface area contributed by atoms with E-state index in [1.807, 2.05) is 48.6 Å². The van der Waals surface area contributed by atoms with Crippen LogP contribution in [0.25, 0.3) is 0 Å². The fourth-order valence-electron chi connectivity index (χ4n) is 5.55. The summed E-state index contributed by atoms with van der Waals surface area (Å²) >= 11 is 0. The van der Waals surface area contributed by atoms with E-state index < -0.39 is 12.2 Å². The Hall–Kier alpha value is -9.24. The van der Waals surface area contributed by atoms with Gasteiger partial charge < -0.3 is 19.7 Å². The van der Waals surface area contributed by atoms with Crippen molar-refractivity contribution in [1.29, 1.82) is 42.1 Å². The van der Waals surface area contributed by atoms with Crippen LogP contribution in [0.1, 0.15) is 79.0 Å². The predicted octanol–water partition coefficient (Wildman–Crippen LogP) is 8.09. The van der Waals surface area contributed by atoms with E-state index in [4.69, 9.17) is 41.0 Å². The third-order valence-electron chi connectivity index (χ3n) is 8.48. The first kappa shape index (κ1) is 40.0. The molecule has 12 heteroatoms. The van der Waals surface area contributed by atoms with Crippen LogP contribution in [-0.2, 0) is 0 Å². The molecule has 0 amide bonds. The van der Waals surface area contributed by atoms with Crippen molar-refractivity contribution in [2.75, 3.05) is 0 Å². The van der Waals surface area contributed by atoms with Crippen molar-refractivity contribution in [2.45, 2.75) is 12.2 Å². The first-order valence-corrected chi connectivity index (χ1v) is 16.9. The number of benzene rings is 6. The molecule has 58 heavy (non-hydrogen) atoms. The summed E-state index contributed by atoms with van der Waals surface area (Å²) in [4.78, 5) is 0. The molecule has 0 spiro atoms. The second-order valence-corrected chi connectivity index (χ2v) is 12.1. The first-order chi connectivity index (χ1) is 28.2. The van der Waals surface area contributed by atoms with Crippen molar-refractivity contribution in [3.63, 3.8) is 0 Å². The number of aliphatic hydroxyl groups is 2.